The van der Waals surface area contributed by atoms with Crippen LogP contribution in [-0.2, 0) is 4.79 Å². The largest absolute Gasteiger partial charge is 0.335 e. The van der Waals surface area contributed by atoms with E-state index in [2.05, 4.69) is 21.8 Å². The Labute approximate surface area is 155 Å². The fourth-order valence-corrected chi connectivity index (χ4v) is 5.91. The first kappa shape index (κ1) is 17.6. The molecular formula is C20H30N4O2. The molecule has 6 nitrogen and oxygen atoms in total. The molecule has 0 unspecified atom stereocenters. The Bertz CT molecular complexity index is 727. The van der Waals surface area contributed by atoms with Crippen LogP contribution in [0.1, 0.15) is 76.3 Å². The molecule has 2 amide bonds. The van der Waals surface area contributed by atoms with Gasteiger partial charge in [0.15, 0.2) is 0 Å². The van der Waals surface area contributed by atoms with E-state index in [4.69, 9.17) is 0 Å². The summed E-state index contributed by atoms with van der Waals surface area (Å²) in [6, 6.07) is 2.61. The van der Waals surface area contributed by atoms with Gasteiger partial charge in [-0.05, 0) is 39.2 Å². The second-order valence-electron chi connectivity index (χ2n) is 8.82. The average Bonchev–Trinajstić information content (AvgIpc) is 3.11. The van der Waals surface area contributed by atoms with Crippen molar-refractivity contribution in [3.8, 4) is 0 Å². The Morgan fingerprint density at radius 2 is 1.92 bits per heavy atom. The molecule has 2 saturated heterocycles. The molecule has 6 heteroatoms. The third-order valence-corrected chi connectivity index (χ3v) is 6.92. The molecule has 0 N–H and O–H groups in total. The predicted octanol–water partition coefficient (Wildman–Crippen LogP) is 2.86. The summed E-state index contributed by atoms with van der Waals surface area (Å²) in [5.74, 6) is 0.231. The number of aromatic nitrogens is 2. The van der Waals surface area contributed by atoms with Crippen molar-refractivity contribution in [3.05, 3.63) is 18.0 Å². The van der Waals surface area contributed by atoms with E-state index in [9.17, 15) is 9.59 Å². The first-order valence-corrected chi connectivity index (χ1v) is 9.98. The van der Waals surface area contributed by atoms with Crippen LogP contribution in [0, 0.1) is 5.41 Å². The molecule has 3 aliphatic rings. The third kappa shape index (κ3) is 2.41. The maximum absolute atomic E-state index is 13.5. The molecule has 4 atom stereocenters. The van der Waals surface area contributed by atoms with Gasteiger partial charge in [0.05, 0.1) is 6.04 Å². The van der Waals surface area contributed by atoms with Gasteiger partial charge < -0.3 is 9.80 Å². The fraction of sp³-hybridized carbons (Fsp3) is 0.750. The monoisotopic (exact) mass is 358 g/mol. The van der Waals surface area contributed by atoms with Crippen molar-refractivity contribution in [2.24, 2.45) is 5.41 Å². The lowest BCUT2D eigenvalue weighted by Crippen LogP contribution is -2.56. The summed E-state index contributed by atoms with van der Waals surface area (Å²) >= 11 is 0. The van der Waals surface area contributed by atoms with Gasteiger partial charge in [-0.1, -0.05) is 19.8 Å². The van der Waals surface area contributed by atoms with Crippen molar-refractivity contribution in [2.75, 3.05) is 6.54 Å². The zero-order valence-corrected chi connectivity index (χ0v) is 16.3. The normalized spacial score (nSPS) is 33.5. The van der Waals surface area contributed by atoms with Crippen LogP contribution in [0.2, 0.25) is 0 Å². The lowest BCUT2D eigenvalue weighted by molar-refractivity contribution is -0.132. The van der Waals surface area contributed by atoms with Gasteiger partial charge in [-0.2, -0.15) is 5.10 Å². The van der Waals surface area contributed by atoms with Gasteiger partial charge >= 0.3 is 0 Å². The van der Waals surface area contributed by atoms with Crippen molar-refractivity contribution in [1.29, 1.82) is 0 Å². The fourth-order valence-electron chi connectivity index (χ4n) is 5.91. The maximum atomic E-state index is 13.5. The smallest absolute Gasteiger partial charge is 0.272 e. The maximum Gasteiger partial charge on any atom is 0.272 e. The van der Waals surface area contributed by atoms with Crippen LogP contribution in [-0.4, -0.2) is 56.1 Å². The molecule has 1 saturated carbocycles. The van der Waals surface area contributed by atoms with Gasteiger partial charge in [0.2, 0.25) is 5.91 Å². The molecule has 1 aliphatic carbocycles. The van der Waals surface area contributed by atoms with E-state index in [1.165, 1.54) is 0 Å². The average molecular weight is 358 g/mol. The van der Waals surface area contributed by atoms with E-state index in [1.54, 1.807) is 13.1 Å². The van der Waals surface area contributed by atoms with Crippen molar-refractivity contribution in [1.82, 2.24) is 19.6 Å². The first-order chi connectivity index (χ1) is 12.3. The second kappa shape index (κ2) is 6.10. The molecule has 2 aliphatic heterocycles. The highest BCUT2D eigenvalue weighted by molar-refractivity contribution is 5.93. The zero-order valence-electron chi connectivity index (χ0n) is 16.3. The van der Waals surface area contributed by atoms with E-state index < -0.39 is 0 Å². The lowest BCUT2D eigenvalue weighted by atomic mass is 9.71. The van der Waals surface area contributed by atoms with Crippen molar-refractivity contribution >= 4 is 11.8 Å². The third-order valence-electron chi connectivity index (χ3n) is 6.92. The summed E-state index contributed by atoms with van der Waals surface area (Å²) in [7, 11) is 0. The Kier molecular flexibility index (Phi) is 4.12. The van der Waals surface area contributed by atoms with Gasteiger partial charge in [-0.25, -0.2) is 0 Å². The zero-order chi connectivity index (χ0) is 18.6. The van der Waals surface area contributed by atoms with E-state index in [-0.39, 0.29) is 41.4 Å². The number of amides is 2. The number of fused-ring (bicyclic) bond motifs is 1. The molecule has 4 rings (SSSR count). The number of likely N-dealkylation sites (tertiary alicyclic amines) is 2. The van der Waals surface area contributed by atoms with E-state index in [0.29, 0.717) is 12.2 Å². The summed E-state index contributed by atoms with van der Waals surface area (Å²) in [4.78, 5) is 30.1. The molecule has 3 heterocycles. The summed E-state index contributed by atoms with van der Waals surface area (Å²) < 4.78 is 1.82. The predicted molar refractivity (Wildman–Crippen MR) is 98.7 cm³/mol. The van der Waals surface area contributed by atoms with Gasteiger partial charge in [-0.15, -0.1) is 0 Å². The first-order valence-electron chi connectivity index (χ1n) is 9.98. The highest BCUT2D eigenvalue weighted by atomic mass is 16.2. The summed E-state index contributed by atoms with van der Waals surface area (Å²) in [5, 5.41) is 4.35. The molecule has 142 valence electrons. The van der Waals surface area contributed by atoms with Crippen LogP contribution < -0.4 is 0 Å². The molecule has 26 heavy (non-hydrogen) atoms. The minimum atomic E-state index is 0.00340. The molecule has 2 bridgehead atoms. The Morgan fingerprint density at radius 1 is 1.23 bits per heavy atom. The van der Waals surface area contributed by atoms with Crippen LogP contribution in [0.4, 0.5) is 0 Å². The molecular weight excluding hydrogens is 328 g/mol. The minimum absolute atomic E-state index is 0.00340. The van der Waals surface area contributed by atoms with Crippen LogP contribution >= 0.6 is 0 Å². The molecule has 1 aromatic heterocycles. The van der Waals surface area contributed by atoms with Crippen molar-refractivity contribution in [3.63, 3.8) is 0 Å². The summed E-state index contributed by atoms with van der Waals surface area (Å²) in [5.41, 5.74) is 0.670. The quantitative estimate of drug-likeness (QED) is 0.817. The Hall–Kier alpha value is -1.85. The SMILES string of the molecule is CC(=O)N1[C@@H]2CN(C(=O)c3ccnn3C(C)C)[C@@H]3CCCC[C@H]1[C@]3(C)C2. The highest BCUT2D eigenvalue weighted by Crippen LogP contribution is 2.53. The highest BCUT2D eigenvalue weighted by Gasteiger charge is 2.60. The Morgan fingerprint density at radius 3 is 2.58 bits per heavy atom. The number of hydrogen-bond acceptors (Lipinski definition) is 3. The van der Waals surface area contributed by atoms with Crippen molar-refractivity contribution in [2.45, 2.75) is 84.0 Å². The number of carbonyl (C=O) groups excluding carboxylic acids is 2. The Balaban J connectivity index is 1.73. The summed E-state index contributed by atoms with van der Waals surface area (Å²) in [6.07, 6.45) is 7.10. The van der Waals surface area contributed by atoms with E-state index in [1.807, 2.05) is 24.6 Å². The molecule has 0 aromatic carbocycles. The number of carbonyl (C=O) groups is 2. The number of rotatable bonds is 2. The van der Waals surface area contributed by atoms with Gasteiger partial charge in [0.25, 0.3) is 5.91 Å². The van der Waals surface area contributed by atoms with E-state index >= 15 is 0 Å². The van der Waals surface area contributed by atoms with Gasteiger partial charge in [0, 0.05) is 43.2 Å². The van der Waals surface area contributed by atoms with Crippen LogP contribution in [0.5, 0.6) is 0 Å². The topological polar surface area (TPSA) is 58.4 Å². The van der Waals surface area contributed by atoms with Gasteiger partial charge in [0.1, 0.15) is 5.69 Å². The van der Waals surface area contributed by atoms with Crippen LogP contribution in [0.3, 0.4) is 0 Å². The van der Waals surface area contributed by atoms with E-state index in [0.717, 1.165) is 32.1 Å². The van der Waals surface area contributed by atoms with Gasteiger partial charge in [-0.3, -0.25) is 14.3 Å². The lowest BCUT2D eigenvalue weighted by Gasteiger charge is -2.46. The number of hydrogen-bond donors (Lipinski definition) is 0. The summed E-state index contributed by atoms with van der Waals surface area (Å²) in [6.45, 7) is 8.74. The molecule has 0 spiro atoms. The van der Waals surface area contributed by atoms with Crippen LogP contribution in [0.25, 0.3) is 0 Å². The standard InChI is InChI=1S/C20H30N4O2/c1-13(2)24-16(9-10-21-24)19(26)22-12-15-11-20(4)17(22)7-5-6-8-18(20)23(15)14(3)25/h9-10,13,15,17-18H,5-8,11-12H2,1-4H3/t15-,17+,18-,20+/m0/s1. The molecule has 1 aromatic rings. The molecule has 0 radical (unpaired) electrons. The van der Waals surface area contributed by atoms with Crippen molar-refractivity contribution < 1.29 is 9.59 Å². The number of nitrogens with zero attached hydrogens (tertiary/aromatic N) is 4. The number of piperidine rings is 1. The second-order valence-corrected chi connectivity index (χ2v) is 8.82. The minimum Gasteiger partial charge on any atom is -0.335 e. The van der Waals surface area contributed by atoms with Crippen LogP contribution in [0.15, 0.2) is 12.3 Å². The molecule has 3 fully saturated rings.